The minimum absolute atomic E-state index is 0.0348. The number of hydrogen-bond acceptors (Lipinski definition) is 7. The zero-order valence-corrected chi connectivity index (χ0v) is 9.83. The second-order valence-electron chi connectivity index (χ2n) is 2.81. The molecule has 9 heteroatoms. The van der Waals surface area contributed by atoms with Gasteiger partial charge < -0.3 is 5.11 Å². The molecule has 1 N–H and O–H groups in total. The molecule has 2 aromatic rings. The van der Waals surface area contributed by atoms with Crippen LogP contribution < -0.4 is 0 Å². The molecule has 84 valence electrons. The highest BCUT2D eigenvalue weighted by Crippen LogP contribution is 2.22. The SMILES string of the molecule is Cn1nc(-c2cnns2)nc1SCC(=O)O. The Kier molecular flexibility index (Phi) is 3.15. The monoisotopic (exact) mass is 257 g/mol. The second-order valence-corrected chi connectivity index (χ2v) is 4.53. The van der Waals surface area contributed by atoms with Crippen molar-refractivity contribution in [2.45, 2.75) is 5.16 Å². The maximum absolute atomic E-state index is 10.4. The van der Waals surface area contributed by atoms with E-state index in [4.69, 9.17) is 5.11 Å². The first-order valence-corrected chi connectivity index (χ1v) is 5.96. The number of hydrogen-bond donors (Lipinski definition) is 1. The molecular formula is C7H7N5O2S2. The Morgan fingerprint density at radius 2 is 2.50 bits per heavy atom. The highest BCUT2D eigenvalue weighted by Gasteiger charge is 2.12. The first-order valence-electron chi connectivity index (χ1n) is 4.20. The van der Waals surface area contributed by atoms with Gasteiger partial charge in [-0.3, -0.25) is 4.79 Å². The van der Waals surface area contributed by atoms with Crippen LogP contribution in [0.4, 0.5) is 0 Å². The van der Waals surface area contributed by atoms with E-state index in [9.17, 15) is 4.79 Å². The summed E-state index contributed by atoms with van der Waals surface area (Å²) >= 11 is 2.32. The lowest BCUT2D eigenvalue weighted by Crippen LogP contribution is -2.00. The normalized spacial score (nSPS) is 10.6. The third-order valence-electron chi connectivity index (χ3n) is 1.63. The minimum Gasteiger partial charge on any atom is -0.481 e. The van der Waals surface area contributed by atoms with Crippen LogP contribution in [0.15, 0.2) is 11.4 Å². The van der Waals surface area contributed by atoms with Crippen LogP contribution in [0.25, 0.3) is 10.7 Å². The zero-order valence-electron chi connectivity index (χ0n) is 8.19. The molecule has 16 heavy (non-hydrogen) atoms. The Morgan fingerprint density at radius 1 is 1.69 bits per heavy atom. The number of carboxylic acids is 1. The average molecular weight is 257 g/mol. The fourth-order valence-electron chi connectivity index (χ4n) is 0.992. The summed E-state index contributed by atoms with van der Waals surface area (Å²) in [6, 6.07) is 0. The Morgan fingerprint density at radius 3 is 3.12 bits per heavy atom. The van der Waals surface area contributed by atoms with Gasteiger partial charge in [0.2, 0.25) is 0 Å². The van der Waals surface area contributed by atoms with Crippen molar-refractivity contribution in [2.75, 3.05) is 5.75 Å². The summed E-state index contributed by atoms with van der Waals surface area (Å²) in [6.07, 6.45) is 1.58. The number of carbonyl (C=O) groups is 1. The van der Waals surface area contributed by atoms with Gasteiger partial charge in [0, 0.05) is 7.05 Å². The zero-order chi connectivity index (χ0) is 11.5. The molecule has 0 radical (unpaired) electrons. The Hall–Kier alpha value is -1.48. The van der Waals surface area contributed by atoms with E-state index < -0.39 is 5.97 Å². The van der Waals surface area contributed by atoms with Gasteiger partial charge >= 0.3 is 5.97 Å². The quantitative estimate of drug-likeness (QED) is 0.797. The number of aryl methyl sites for hydroxylation is 1. The largest absolute Gasteiger partial charge is 0.481 e. The van der Waals surface area contributed by atoms with Gasteiger partial charge in [-0.15, -0.1) is 10.2 Å². The number of aliphatic carboxylic acids is 1. The van der Waals surface area contributed by atoms with Crippen molar-refractivity contribution in [3.8, 4) is 10.7 Å². The van der Waals surface area contributed by atoms with Crippen LogP contribution in [0.3, 0.4) is 0 Å². The van der Waals surface area contributed by atoms with E-state index in [2.05, 4.69) is 19.7 Å². The van der Waals surface area contributed by atoms with Gasteiger partial charge in [0.05, 0.1) is 11.9 Å². The van der Waals surface area contributed by atoms with Crippen LogP contribution in [0.5, 0.6) is 0 Å². The number of carboxylic acid groups (broad SMARTS) is 1. The van der Waals surface area contributed by atoms with Crippen molar-refractivity contribution in [2.24, 2.45) is 7.05 Å². The van der Waals surface area contributed by atoms with Crippen molar-refractivity contribution < 1.29 is 9.90 Å². The fourth-order valence-corrected chi connectivity index (χ4v) is 2.07. The van der Waals surface area contributed by atoms with Crippen LogP contribution in [0.2, 0.25) is 0 Å². The van der Waals surface area contributed by atoms with Gasteiger partial charge in [0.1, 0.15) is 4.88 Å². The van der Waals surface area contributed by atoms with Gasteiger partial charge in [-0.2, -0.15) is 4.98 Å². The predicted molar refractivity (Wildman–Crippen MR) is 58.3 cm³/mol. The van der Waals surface area contributed by atoms with Gasteiger partial charge in [-0.25, -0.2) is 4.68 Å². The van der Waals surface area contributed by atoms with Crippen LogP contribution >= 0.6 is 23.3 Å². The van der Waals surface area contributed by atoms with Gasteiger partial charge in [0.15, 0.2) is 11.0 Å². The van der Waals surface area contributed by atoms with Crippen molar-refractivity contribution in [1.82, 2.24) is 24.4 Å². The van der Waals surface area contributed by atoms with Gasteiger partial charge in [-0.05, 0) is 11.5 Å². The molecule has 0 atom stereocenters. The van der Waals surface area contributed by atoms with E-state index in [0.29, 0.717) is 11.0 Å². The minimum atomic E-state index is -0.881. The third-order valence-corrected chi connectivity index (χ3v) is 3.30. The van der Waals surface area contributed by atoms with E-state index in [1.807, 2.05) is 0 Å². The predicted octanol–water partition coefficient (Wildman–Crippen LogP) is 0.510. The molecule has 0 unspecified atom stereocenters. The van der Waals surface area contributed by atoms with Crippen molar-refractivity contribution in [3.05, 3.63) is 6.20 Å². The van der Waals surface area contributed by atoms with Crippen molar-refractivity contribution >= 4 is 29.3 Å². The third kappa shape index (κ3) is 2.36. The van der Waals surface area contributed by atoms with Gasteiger partial charge in [0.25, 0.3) is 0 Å². The highest BCUT2D eigenvalue weighted by molar-refractivity contribution is 7.99. The maximum Gasteiger partial charge on any atom is 0.313 e. The molecule has 7 nitrogen and oxygen atoms in total. The van der Waals surface area contributed by atoms with E-state index in [-0.39, 0.29) is 5.75 Å². The van der Waals surface area contributed by atoms with Crippen LogP contribution in [0.1, 0.15) is 0 Å². The molecule has 0 saturated heterocycles. The van der Waals surface area contributed by atoms with Crippen LogP contribution in [0, 0.1) is 0 Å². The molecule has 0 aliphatic carbocycles. The van der Waals surface area contributed by atoms with Crippen LogP contribution in [-0.4, -0.2) is 41.2 Å². The summed E-state index contributed by atoms with van der Waals surface area (Å²) in [5.74, 6) is -0.396. The smallest absolute Gasteiger partial charge is 0.313 e. The summed E-state index contributed by atoms with van der Waals surface area (Å²) in [5.41, 5.74) is 0. The van der Waals surface area contributed by atoms with Crippen LogP contribution in [-0.2, 0) is 11.8 Å². The summed E-state index contributed by atoms with van der Waals surface area (Å²) in [4.78, 5) is 15.4. The Balaban J connectivity index is 2.19. The summed E-state index contributed by atoms with van der Waals surface area (Å²) in [5, 5.41) is 17.0. The molecule has 0 aliphatic rings. The van der Waals surface area contributed by atoms with E-state index in [1.165, 1.54) is 11.5 Å². The van der Waals surface area contributed by atoms with Crippen molar-refractivity contribution in [3.63, 3.8) is 0 Å². The molecule has 0 fully saturated rings. The second kappa shape index (κ2) is 4.58. The van der Waals surface area contributed by atoms with Gasteiger partial charge in [-0.1, -0.05) is 16.3 Å². The molecular weight excluding hydrogens is 250 g/mol. The molecule has 2 aromatic heterocycles. The average Bonchev–Trinajstić information content (AvgIpc) is 2.83. The molecule has 0 aliphatic heterocycles. The van der Waals surface area contributed by atoms with E-state index >= 15 is 0 Å². The Labute approximate surface area is 98.7 Å². The number of nitrogens with zero attached hydrogens (tertiary/aromatic N) is 5. The maximum atomic E-state index is 10.4. The molecule has 0 amide bonds. The molecule has 0 saturated carbocycles. The number of thioether (sulfide) groups is 1. The standard InChI is InChI=1S/C7H7N5O2S2/c1-12-7(15-3-5(13)14)9-6(10-12)4-2-8-11-16-4/h2H,3H2,1H3,(H,13,14). The topological polar surface area (TPSA) is 93.8 Å². The molecule has 0 aromatic carbocycles. The fraction of sp³-hybridized carbons (Fsp3) is 0.286. The molecule has 2 heterocycles. The number of rotatable bonds is 4. The molecule has 0 bridgehead atoms. The van der Waals surface area contributed by atoms with Crippen molar-refractivity contribution in [1.29, 1.82) is 0 Å². The summed E-state index contributed by atoms with van der Waals surface area (Å²) in [6.45, 7) is 0. The summed E-state index contributed by atoms with van der Waals surface area (Å²) in [7, 11) is 1.72. The van der Waals surface area contributed by atoms with E-state index in [0.717, 1.165) is 16.6 Å². The first kappa shape index (κ1) is 11.0. The molecule has 2 rings (SSSR count). The lowest BCUT2D eigenvalue weighted by atomic mass is 10.5. The number of aromatic nitrogens is 5. The lowest BCUT2D eigenvalue weighted by molar-refractivity contribution is -0.133. The Bertz CT molecular complexity index is 495. The lowest BCUT2D eigenvalue weighted by Gasteiger charge is -1.94. The molecule has 0 spiro atoms. The van der Waals surface area contributed by atoms with E-state index in [1.54, 1.807) is 17.9 Å². The first-order chi connectivity index (χ1) is 7.66. The summed E-state index contributed by atoms with van der Waals surface area (Å²) < 4.78 is 5.26. The highest BCUT2D eigenvalue weighted by atomic mass is 32.2.